The van der Waals surface area contributed by atoms with Gasteiger partial charge in [0.15, 0.2) is 5.82 Å². The van der Waals surface area contributed by atoms with Crippen LogP contribution >= 0.6 is 11.3 Å². The fourth-order valence-corrected chi connectivity index (χ4v) is 4.02. The van der Waals surface area contributed by atoms with Crippen LogP contribution in [0.15, 0.2) is 72.1 Å². The lowest BCUT2D eigenvalue weighted by atomic mass is 10.2. The van der Waals surface area contributed by atoms with E-state index in [-0.39, 0.29) is 11.7 Å². The smallest absolute Gasteiger partial charge is 0.295 e. The Labute approximate surface area is 190 Å². The maximum Gasteiger partial charge on any atom is 0.295 e. The lowest BCUT2D eigenvalue weighted by Gasteiger charge is -2.19. The largest absolute Gasteiger partial charge is 0.339 e. The maximum absolute atomic E-state index is 13.0. The molecule has 0 atom stereocenters. The monoisotopic (exact) mass is 445 g/mol. The summed E-state index contributed by atoms with van der Waals surface area (Å²) in [5.74, 6) is 0.318. The number of carbonyl (C=O) groups is 2. The van der Waals surface area contributed by atoms with Crippen LogP contribution in [0.4, 0.5) is 5.69 Å². The molecule has 0 saturated heterocycles. The highest BCUT2D eigenvalue weighted by Crippen LogP contribution is 2.25. The third kappa shape index (κ3) is 4.76. The van der Waals surface area contributed by atoms with Crippen molar-refractivity contribution in [2.45, 2.75) is 20.4 Å². The third-order valence-corrected chi connectivity index (χ3v) is 5.80. The van der Waals surface area contributed by atoms with E-state index in [4.69, 9.17) is 0 Å². The van der Waals surface area contributed by atoms with E-state index in [0.717, 1.165) is 16.1 Å². The minimum absolute atomic E-state index is 0.0127. The zero-order chi connectivity index (χ0) is 22.5. The number of benzene rings is 2. The van der Waals surface area contributed by atoms with Crippen LogP contribution in [0.2, 0.25) is 0 Å². The van der Waals surface area contributed by atoms with Crippen molar-refractivity contribution in [2.75, 3.05) is 11.9 Å². The number of hydrogen-bond acceptors (Lipinski definition) is 5. The summed E-state index contributed by atoms with van der Waals surface area (Å²) in [6, 6.07) is 20.9. The third-order valence-electron chi connectivity index (χ3n) is 4.94. The number of thiophene rings is 1. The summed E-state index contributed by atoms with van der Waals surface area (Å²) in [6.07, 6.45) is 0. The Kier molecular flexibility index (Phi) is 6.42. The predicted molar refractivity (Wildman–Crippen MR) is 126 cm³/mol. The number of amides is 2. The van der Waals surface area contributed by atoms with Gasteiger partial charge in [-0.2, -0.15) is 0 Å². The van der Waals surface area contributed by atoms with E-state index in [1.54, 1.807) is 22.6 Å². The van der Waals surface area contributed by atoms with Crippen molar-refractivity contribution in [3.05, 3.63) is 83.5 Å². The first-order valence-corrected chi connectivity index (χ1v) is 11.1. The van der Waals surface area contributed by atoms with Gasteiger partial charge in [0.05, 0.1) is 10.6 Å². The van der Waals surface area contributed by atoms with Crippen molar-refractivity contribution >= 4 is 28.8 Å². The summed E-state index contributed by atoms with van der Waals surface area (Å²) in [5, 5.41) is 9.33. The first-order valence-electron chi connectivity index (χ1n) is 10.3. The number of hydrogen-bond donors (Lipinski definition) is 1. The van der Waals surface area contributed by atoms with Crippen molar-refractivity contribution < 1.29 is 9.59 Å². The normalized spacial score (nSPS) is 10.7. The Bertz CT molecular complexity index is 1220. The van der Waals surface area contributed by atoms with Gasteiger partial charge >= 0.3 is 0 Å². The molecule has 0 aliphatic carbocycles. The molecule has 0 aliphatic rings. The molecular weight excluding hydrogens is 422 g/mol. The Morgan fingerprint density at radius 3 is 2.56 bits per heavy atom. The second-order valence-electron chi connectivity index (χ2n) is 7.17. The Hall–Kier alpha value is -3.78. The zero-order valence-corrected chi connectivity index (χ0v) is 18.7. The van der Waals surface area contributed by atoms with E-state index < -0.39 is 5.91 Å². The van der Waals surface area contributed by atoms with Crippen LogP contribution in [0, 0.1) is 0 Å². The summed E-state index contributed by atoms with van der Waals surface area (Å²) in [5.41, 5.74) is 2.39. The molecule has 162 valence electrons. The molecule has 8 heteroatoms. The topological polar surface area (TPSA) is 80.1 Å². The summed E-state index contributed by atoms with van der Waals surface area (Å²) in [6.45, 7) is 4.60. The molecule has 2 amide bonds. The number of rotatable bonds is 7. The van der Waals surface area contributed by atoms with Crippen LogP contribution < -0.4 is 5.32 Å². The number of anilines is 1. The Balaban J connectivity index is 1.59. The average Bonchev–Trinajstić information content (AvgIpc) is 3.48. The van der Waals surface area contributed by atoms with Gasteiger partial charge in [-0.1, -0.05) is 36.4 Å². The van der Waals surface area contributed by atoms with Gasteiger partial charge in [-0.05, 0) is 48.2 Å². The molecule has 0 saturated carbocycles. The molecule has 2 heterocycles. The Morgan fingerprint density at radius 1 is 1.06 bits per heavy atom. The number of carbonyl (C=O) groups excluding carboxylic acids is 2. The highest BCUT2D eigenvalue weighted by atomic mass is 32.1. The quantitative estimate of drug-likeness (QED) is 0.450. The molecule has 0 unspecified atom stereocenters. The molecule has 4 rings (SSSR count). The van der Waals surface area contributed by atoms with Gasteiger partial charge in [0.2, 0.25) is 11.7 Å². The first kappa shape index (κ1) is 21.5. The van der Waals surface area contributed by atoms with Gasteiger partial charge < -0.3 is 10.2 Å². The van der Waals surface area contributed by atoms with Gasteiger partial charge in [0.1, 0.15) is 0 Å². The fraction of sp³-hybridized carbons (Fsp3) is 0.167. The first-order chi connectivity index (χ1) is 15.5. The van der Waals surface area contributed by atoms with Crippen LogP contribution in [-0.2, 0) is 11.3 Å². The summed E-state index contributed by atoms with van der Waals surface area (Å²) in [4.78, 5) is 31.9. The molecule has 2 aromatic heterocycles. The van der Waals surface area contributed by atoms with E-state index in [9.17, 15) is 9.59 Å². The van der Waals surface area contributed by atoms with E-state index >= 15 is 0 Å². The summed E-state index contributed by atoms with van der Waals surface area (Å²) < 4.78 is 1.68. The van der Waals surface area contributed by atoms with Crippen LogP contribution in [0.3, 0.4) is 0 Å². The fourth-order valence-electron chi connectivity index (χ4n) is 3.32. The van der Waals surface area contributed by atoms with Crippen molar-refractivity contribution in [3.63, 3.8) is 0 Å². The average molecular weight is 446 g/mol. The molecule has 7 nitrogen and oxygen atoms in total. The maximum atomic E-state index is 13.0. The number of para-hydroxylation sites is 1. The van der Waals surface area contributed by atoms with Crippen LogP contribution in [0.1, 0.15) is 30.0 Å². The lowest BCUT2D eigenvalue weighted by molar-refractivity contribution is -0.129. The molecule has 32 heavy (non-hydrogen) atoms. The van der Waals surface area contributed by atoms with Gasteiger partial charge in [0.25, 0.3) is 5.91 Å². The minimum Gasteiger partial charge on any atom is -0.339 e. The zero-order valence-electron chi connectivity index (χ0n) is 17.9. The Morgan fingerprint density at radius 2 is 1.88 bits per heavy atom. The molecule has 0 radical (unpaired) electrons. The van der Waals surface area contributed by atoms with Gasteiger partial charge in [-0.3, -0.25) is 9.59 Å². The van der Waals surface area contributed by atoms with E-state index in [1.807, 2.05) is 73.0 Å². The molecule has 1 N–H and O–H groups in total. The molecular formula is C24H23N5O2S. The molecule has 2 aromatic carbocycles. The van der Waals surface area contributed by atoms with E-state index in [2.05, 4.69) is 15.4 Å². The minimum atomic E-state index is -0.395. The van der Waals surface area contributed by atoms with Gasteiger partial charge in [-0.15, -0.1) is 16.4 Å². The predicted octanol–water partition coefficient (Wildman–Crippen LogP) is 4.62. The highest BCUT2D eigenvalue weighted by molar-refractivity contribution is 7.13. The highest BCUT2D eigenvalue weighted by Gasteiger charge is 2.19. The molecule has 0 aliphatic heterocycles. The number of nitrogens with zero attached hydrogens (tertiary/aromatic N) is 4. The summed E-state index contributed by atoms with van der Waals surface area (Å²) in [7, 11) is 0. The summed E-state index contributed by atoms with van der Waals surface area (Å²) >= 11 is 1.54. The second kappa shape index (κ2) is 9.57. The lowest BCUT2D eigenvalue weighted by Crippen LogP contribution is -2.27. The second-order valence-corrected chi connectivity index (χ2v) is 8.12. The standard InChI is InChI=1S/C24H23N5O2S/c1-3-28(17(2)30)16-18-9-7-10-19(15-18)25-24(31)22-26-23(21-13-8-14-32-21)29(27-22)20-11-5-4-6-12-20/h4-15H,3,16H2,1-2H3,(H,25,31). The number of aromatic nitrogens is 3. The van der Waals surface area contributed by atoms with Crippen LogP contribution in [-0.4, -0.2) is 38.0 Å². The van der Waals surface area contributed by atoms with Crippen molar-refractivity contribution in [2.24, 2.45) is 0 Å². The van der Waals surface area contributed by atoms with Crippen LogP contribution in [0.25, 0.3) is 16.4 Å². The van der Waals surface area contributed by atoms with Crippen molar-refractivity contribution in [1.82, 2.24) is 19.7 Å². The molecule has 0 fully saturated rings. The molecule has 4 aromatic rings. The van der Waals surface area contributed by atoms with E-state index in [1.165, 1.54) is 11.3 Å². The van der Waals surface area contributed by atoms with Gasteiger partial charge in [0, 0.05) is 25.7 Å². The van der Waals surface area contributed by atoms with E-state index in [0.29, 0.717) is 24.6 Å². The van der Waals surface area contributed by atoms with Crippen molar-refractivity contribution in [3.8, 4) is 16.4 Å². The van der Waals surface area contributed by atoms with Gasteiger partial charge in [-0.25, -0.2) is 9.67 Å². The SMILES string of the molecule is CCN(Cc1cccc(NC(=O)c2nc(-c3cccs3)n(-c3ccccc3)n2)c1)C(C)=O. The molecule has 0 bridgehead atoms. The number of nitrogens with one attached hydrogen (secondary N) is 1. The van der Waals surface area contributed by atoms with Crippen LogP contribution in [0.5, 0.6) is 0 Å². The van der Waals surface area contributed by atoms with Crippen molar-refractivity contribution in [1.29, 1.82) is 0 Å². The molecule has 0 spiro atoms.